The van der Waals surface area contributed by atoms with Gasteiger partial charge in [-0.05, 0) is 64.2 Å². The molecular weight excluding hydrogens is 1070 g/mol. The number of likely N-dealkylation sites (N-methyl/N-ethyl adjacent to an activating group) is 1. The molecule has 9 heteroatoms. The number of carboxylic acid groups (broad SMARTS) is 1. The molecule has 0 saturated heterocycles. The summed E-state index contributed by atoms with van der Waals surface area (Å²) < 4.78 is 22.8. The summed E-state index contributed by atoms with van der Waals surface area (Å²) in [6, 6.07) is 0. The second-order valence-electron chi connectivity index (χ2n) is 25.9. The Hall–Kier alpha value is -3.27. The molecule has 0 radical (unpaired) electrons. The van der Waals surface area contributed by atoms with Crippen LogP contribution in [0.25, 0.3) is 0 Å². The Bertz CT molecular complexity index is 1640. The van der Waals surface area contributed by atoms with Gasteiger partial charge in [0.25, 0.3) is 0 Å². The average Bonchev–Trinajstić information content (AvgIpc) is 3.63. The van der Waals surface area contributed by atoms with E-state index in [1.165, 1.54) is 212 Å². The number of hydrogen-bond acceptors (Lipinski definition) is 8. The van der Waals surface area contributed by atoms with Crippen molar-refractivity contribution < 1.29 is 42.9 Å². The number of carbonyl (C=O) groups is 3. The van der Waals surface area contributed by atoms with Gasteiger partial charge in [-0.3, -0.25) is 9.59 Å². The molecule has 0 spiro atoms. The van der Waals surface area contributed by atoms with Crippen molar-refractivity contribution in [1.82, 2.24) is 0 Å². The minimum absolute atomic E-state index is 0.143. The molecule has 0 N–H and O–H groups in total. The van der Waals surface area contributed by atoms with Crippen molar-refractivity contribution in [2.75, 3.05) is 47.5 Å². The van der Waals surface area contributed by atoms with Crippen molar-refractivity contribution in [3.05, 3.63) is 72.9 Å². The van der Waals surface area contributed by atoms with E-state index in [9.17, 15) is 19.5 Å². The summed E-state index contributed by atoms with van der Waals surface area (Å²) in [5, 5.41) is 11.8. The number of carboxylic acids is 1. The normalized spacial score (nSPS) is 13.1. The number of carbonyl (C=O) groups excluding carboxylic acids is 3. The minimum atomic E-state index is -1.63. The third-order valence-electron chi connectivity index (χ3n) is 16.2. The van der Waals surface area contributed by atoms with Gasteiger partial charge in [0, 0.05) is 12.8 Å². The van der Waals surface area contributed by atoms with Gasteiger partial charge in [-0.1, -0.05) is 337 Å². The molecule has 0 aromatic carbocycles. The molecule has 0 fully saturated rings. The van der Waals surface area contributed by atoms with Crippen LogP contribution in [0.4, 0.5) is 0 Å². The van der Waals surface area contributed by atoms with Crippen LogP contribution in [0.2, 0.25) is 0 Å². The van der Waals surface area contributed by atoms with Gasteiger partial charge in [0.1, 0.15) is 13.2 Å². The topological polar surface area (TPSA) is 111 Å². The van der Waals surface area contributed by atoms with E-state index in [2.05, 4.69) is 86.8 Å². The van der Waals surface area contributed by atoms with Gasteiger partial charge in [0.05, 0.1) is 40.3 Å². The number of esters is 2. The molecule has 2 atom stereocenters. The predicted octanol–water partition coefficient (Wildman–Crippen LogP) is 21.5. The Morgan fingerprint density at radius 1 is 0.360 bits per heavy atom. The molecule has 0 saturated carbocycles. The molecule has 0 aliphatic heterocycles. The largest absolute Gasteiger partial charge is 0.545 e. The van der Waals surface area contributed by atoms with Gasteiger partial charge in [-0.15, -0.1) is 0 Å². The third-order valence-corrected chi connectivity index (χ3v) is 16.2. The molecule has 500 valence electrons. The van der Waals surface area contributed by atoms with Crippen molar-refractivity contribution >= 4 is 17.9 Å². The molecular formula is C77H139NO8. The number of hydrogen-bond donors (Lipinski definition) is 0. The number of rotatable bonds is 68. The van der Waals surface area contributed by atoms with Gasteiger partial charge < -0.3 is 33.3 Å². The SMILES string of the molecule is CC/C=C\C/C=C\C/C=C\C/C=C\C/C=C\C/C=C\CCCCCCCCC(=O)OC(COC(=O)CCCCCCCCCCCCCCCCCCCCCCCCCCCCCCCCCCCCCC)COC(OCC[N+](C)(C)C)C(=O)[O-]. The third kappa shape index (κ3) is 68.2. The first-order valence-electron chi connectivity index (χ1n) is 36.6. The van der Waals surface area contributed by atoms with Crippen LogP contribution < -0.4 is 5.11 Å². The fourth-order valence-electron chi connectivity index (χ4n) is 10.7. The second-order valence-corrected chi connectivity index (χ2v) is 25.9. The summed E-state index contributed by atoms with van der Waals surface area (Å²) in [6.45, 7) is 4.66. The first kappa shape index (κ1) is 82.7. The van der Waals surface area contributed by atoms with Crippen LogP contribution in [0.15, 0.2) is 72.9 Å². The minimum Gasteiger partial charge on any atom is -0.545 e. The Morgan fingerprint density at radius 3 is 0.988 bits per heavy atom. The van der Waals surface area contributed by atoms with Crippen LogP contribution in [-0.2, 0) is 33.3 Å². The Morgan fingerprint density at radius 2 is 0.663 bits per heavy atom. The monoisotopic (exact) mass is 1210 g/mol. The van der Waals surface area contributed by atoms with Gasteiger partial charge in [0.2, 0.25) is 0 Å². The zero-order valence-corrected chi connectivity index (χ0v) is 57.2. The number of unbranched alkanes of at least 4 members (excludes halogenated alkanes) is 41. The van der Waals surface area contributed by atoms with Crippen LogP contribution in [0.3, 0.4) is 0 Å². The summed E-state index contributed by atoms with van der Waals surface area (Å²) in [5.74, 6) is -2.29. The lowest BCUT2D eigenvalue weighted by molar-refractivity contribution is -0.870. The lowest BCUT2D eigenvalue weighted by Gasteiger charge is -2.26. The molecule has 0 aliphatic rings. The molecule has 86 heavy (non-hydrogen) atoms. The highest BCUT2D eigenvalue weighted by atomic mass is 16.7. The molecule has 0 amide bonds. The van der Waals surface area contributed by atoms with Gasteiger partial charge >= 0.3 is 11.9 Å². The van der Waals surface area contributed by atoms with Crippen molar-refractivity contribution in [1.29, 1.82) is 0 Å². The van der Waals surface area contributed by atoms with Crippen LogP contribution in [0.1, 0.15) is 341 Å². The van der Waals surface area contributed by atoms with Gasteiger partial charge in [-0.25, -0.2) is 0 Å². The number of quaternary nitrogens is 1. The van der Waals surface area contributed by atoms with Crippen LogP contribution in [0.5, 0.6) is 0 Å². The van der Waals surface area contributed by atoms with E-state index in [4.69, 9.17) is 18.9 Å². The zero-order valence-electron chi connectivity index (χ0n) is 57.2. The maximum Gasteiger partial charge on any atom is 0.306 e. The highest BCUT2D eigenvalue weighted by Gasteiger charge is 2.22. The first-order chi connectivity index (χ1) is 42.1. The van der Waals surface area contributed by atoms with Crippen molar-refractivity contribution in [3.63, 3.8) is 0 Å². The number of allylic oxidation sites excluding steroid dienone is 12. The maximum atomic E-state index is 12.9. The molecule has 2 unspecified atom stereocenters. The quantitative estimate of drug-likeness (QED) is 0.0195. The van der Waals surface area contributed by atoms with E-state index in [0.717, 1.165) is 96.3 Å². The van der Waals surface area contributed by atoms with Crippen LogP contribution in [0, 0.1) is 0 Å². The van der Waals surface area contributed by atoms with Crippen molar-refractivity contribution in [2.45, 2.75) is 354 Å². The summed E-state index contributed by atoms with van der Waals surface area (Å²) in [4.78, 5) is 37.5. The highest BCUT2D eigenvalue weighted by molar-refractivity contribution is 5.70. The number of aliphatic carboxylic acids is 1. The standard InChI is InChI=1S/C77H139NO8/c1-6-8-10-12-14-16-18-20-22-24-26-28-30-32-33-34-35-36-37-38-39-40-41-42-44-45-47-49-51-53-55-57-59-61-63-65-67-74(79)84-71-73(72-85-77(76(81)82)83-70-69-78(3,4)5)86-75(80)68-66-64-62-60-58-56-54-52-50-48-46-43-31-29-27-25-23-21-19-17-15-13-11-9-7-2/h9,11,15,17,21,23,27,29,43,46,50,52,73,77H,6-8,10,12-14,16,18-20,22,24-26,28,30-42,44-45,47-49,51,53-72H2,1-5H3/b11-9-,17-15-,23-21-,29-27-,46-43-,52-50-. The molecule has 0 aliphatic carbocycles. The summed E-state index contributed by atoms with van der Waals surface area (Å²) >= 11 is 0. The molecule has 0 heterocycles. The molecule has 0 aromatic rings. The fourth-order valence-corrected chi connectivity index (χ4v) is 10.7. The fraction of sp³-hybridized carbons (Fsp3) is 0.805. The number of ether oxygens (including phenoxy) is 4. The van der Waals surface area contributed by atoms with E-state index >= 15 is 0 Å². The average molecular weight is 1210 g/mol. The molecule has 0 rings (SSSR count). The summed E-state index contributed by atoms with van der Waals surface area (Å²) in [5.41, 5.74) is 0. The van der Waals surface area contributed by atoms with Gasteiger partial charge in [-0.2, -0.15) is 0 Å². The van der Waals surface area contributed by atoms with E-state index in [1.54, 1.807) is 0 Å². The first-order valence-corrected chi connectivity index (χ1v) is 36.6. The van der Waals surface area contributed by atoms with Crippen LogP contribution in [-0.4, -0.2) is 82.3 Å². The molecule has 0 aromatic heterocycles. The highest BCUT2D eigenvalue weighted by Crippen LogP contribution is 2.19. The Balaban J connectivity index is 4.04. The second kappa shape index (κ2) is 67.7. The molecule has 0 bridgehead atoms. The van der Waals surface area contributed by atoms with E-state index in [1.807, 2.05) is 21.1 Å². The Kier molecular flexibility index (Phi) is 65.1. The predicted molar refractivity (Wildman–Crippen MR) is 366 cm³/mol. The van der Waals surface area contributed by atoms with E-state index in [0.29, 0.717) is 23.9 Å². The van der Waals surface area contributed by atoms with Crippen molar-refractivity contribution in [2.24, 2.45) is 0 Å². The van der Waals surface area contributed by atoms with Crippen LogP contribution >= 0.6 is 0 Å². The van der Waals surface area contributed by atoms with Crippen molar-refractivity contribution in [3.8, 4) is 0 Å². The lowest BCUT2D eigenvalue weighted by atomic mass is 10.0. The van der Waals surface area contributed by atoms with E-state index < -0.39 is 24.3 Å². The Labute approximate surface area is 532 Å². The van der Waals surface area contributed by atoms with E-state index in [-0.39, 0.29) is 32.2 Å². The summed E-state index contributed by atoms with van der Waals surface area (Å²) in [7, 11) is 5.93. The number of nitrogens with zero attached hydrogens (tertiary/aromatic N) is 1. The smallest absolute Gasteiger partial charge is 0.306 e. The summed E-state index contributed by atoms with van der Waals surface area (Å²) in [6.07, 6.45) is 87.3. The lowest BCUT2D eigenvalue weighted by Crippen LogP contribution is -2.44. The molecule has 9 nitrogen and oxygen atoms in total. The van der Waals surface area contributed by atoms with Gasteiger partial charge in [0.15, 0.2) is 12.4 Å². The zero-order chi connectivity index (χ0) is 62.6. The maximum absolute atomic E-state index is 12.9.